The average Bonchev–Trinajstić information content (AvgIpc) is 3.35. The molecule has 1 spiro atoms. The molecule has 28 heavy (non-hydrogen) atoms. The van der Waals surface area contributed by atoms with E-state index in [1.54, 1.807) is 17.8 Å². The molecule has 2 aromatic rings. The predicted molar refractivity (Wildman–Crippen MR) is 103 cm³/mol. The third-order valence-corrected chi connectivity index (χ3v) is 8.17. The van der Waals surface area contributed by atoms with Gasteiger partial charge in [-0.15, -0.1) is 0 Å². The summed E-state index contributed by atoms with van der Waals surface area (Å²) >= 11 is 0. The fourth-order valence-corrected chi connectivity index (χ4v) is 6.87. The molecule has 3 aliphatic carbocycles. The number of nitrogens with one attached hydrogen (secondary N) is 1. The Hall–Kier alpha value is -1.93. The van der Waals surface area contributed by atoms with Crippen LogP contribution in [0.15, 0.2) is 11.0 Å². The van der Waals surface area contributed by atoms with E-state index < -0.39 is 0 Å². The summed E-state index contributed by atoms with van der Waals surface area (Å²) in [4.78, 5) is 22.1. The van der Waals surface area contributed by atoms with Gasteiger partial charge in [-0.25, -0.2) is 9.78 Å². The number of ether oxygens (including phenoxy) is 2. The summed E-state index contributed by atoms with van der Waals surface area (Å²) in [6.07, 6.45) is 10.7. The van der Waals surface area contributed by atoms with Gasteiger partial charge in [0.15, 0.2) is 5.65 Å². The summed E-state index contributed by atoms with van der Waals surface area (Å²) in [7, 11) is 1.81. The smallest absolute Gasteiger partial charge is 0.330 e. The van der Waals surface area contributed by atoms with E-state index in [1.807, 2.05) is 4.57 Å². The lowest BCUT2D eigenvalue weighted by Gasteiger charge is -2.60. The number of anilines is 1. The van der Waals surface area contributed by atoms with Crippen LogP contribution in [0.2, 0.25) is 0 Å². The lowest BCUT2D eigenvalue weighted by molar-refractivity contribution is -0.353. The molecule has 1 N–H and O–H groups in total. The number of imidazole rings is 1. The zero-order valence-corrected chi connectivity index (χ0v) is 16.0. The summed E-state index contributed by atoms with van der Waals surface area (Å²) in [5, 5.41) is 3.52. The zero-order chi connectivity index (χ0) is 18.6. The quantitative estimate of drug-likeness (QED) is 0.870. The first kappa shape index (κ1) is 15.9. The van der Waals surface area contributed by atoms with E-state index >= 15 is 0 Å². The molecule has 150 valence electrons. The summed E-state index contributed by atoms with van der Waals surface area (Å²) < 4.78 is 15.9. The molecule has 0 amide bonds. The van der Waals surface area contributed by atoms with Crippen LogP contribution in [0.25, 0.3) is 11.2 Å². The Bertz CT molecular complexity index is 1040. The molecule has 8 heteroatoms. The van der Waals surface area contributed by atoms with Gasteiger partial charge in [0, 0.05) is 14.5 Å². The lowest BCUT2D eigenvalue weighted by Crippen LogP contribution is -2.72. The lowest BCUT2D eigenvalue weighted by atomic mass is 9.68. The van der Waals surface area contributed by atoms with Gasteiger partial charge in [-0.05, 0) is 32.1 Å². The summed E-state index contributed by atoms with van der Waals surface area (Å²) in [6.45, 7) is 0. The van der Waals surface area contributed by atoms with E-state index in [1.165, 1.54) is 12.8 Å². The number of rotatable bonds is 3. The molecule has 2 saturated heterocycles. The molecule has 6 atom stereocenters. The van der Waals surface area contributed by atoms with Gasteiger partial charge in [0.1, 0.15) is 5.52 Å². The monoisotopic (exact) mass is 385 g/mol. The summed E-state index contributed by atoms with van der Waals surface area (Å²) in [5.41, 5.74) is 1.81. The Morgan fingerprint density at radius 2 is 1.96 bits per heavy atom. The molecule has 4 heterocycles. The third-order valence-electron chi connectivity index (χ3n) is 8.17. The first-order valence-corrected chi connectivity index (χ1v) is 10.7. The van der Waals surface area contributed by atoms with E-state index in [0.29, 0.717) is 24.3 Å². The molecule has 0 aromatic carbocycles. The van der Waals surface area contributed by atoms with Gasteiger partial charge in [0.25, 0.3) is 0 Å². The molecule has 2 aromatic heterocycles. The second kappa shape index (κ2) is 5.16. The van der Waals surface area contributed by atoms with Crippen LogP contribution >= 0.6 is 0 Å². The van der Waals surface area contributed by atoms with Gasteiger partial charge < -0.3 is 14.8 Å². The van der Waals surface area contributed by atoms with Crippen molar-refractivity contribution < 1.29 is 10.9 Å². The van der Waals surface area contributed by atoms with Crippen molar-refractivity contribution in [2.75, 3.05) is 5.32 Å². The number of hydrogen-bond acceptors (Lipinski definition) is 6. The van der Waals surface area contributed by atoms with Gasteiger partial charge in [-0.1, -0.05) is 12.8 Å². The summed E-state index contributed by atoms with van der Waals surface area (Å²) in [5.74, 6) is 0.592. The molecule has 3 saturated carbocycles. The van der Waals surface area contributed by atoms with E-state index in [9.17, 15) is 4.79 Å². The van der Waals surface area contributed by atoms with Crippen LogP contribution < -0.4 is 11.0 Å². The van der Waals surface area contributed by atoms with Crippen LogP contribution in [-0.4, -0.2) is 49.6 Å². The van der Waals surface area contributed by atoms with Crippen molar-refractivity contribution in [1.29, 1.82) is 0 Å². The van der Waals surface area contributed by atoms with Crippen LogP contribution in [-0.2, 0) is 16.5 Å². The Balaban J connectivity index is 0.00000165. The van der Waals surface area contributed by atoms with Crippen LogP contribution in [0.4, 0.5) is 5.95 Å². The molecule has 5 fully saturated rings. The van der Waals surface area contributed by atoms with Crippen molar-refractivity contribution >= 4 is 17.1 Å². The number of hydrogen-bond donors (Lipinski definition) is 1. The SMILES string of the molecule is Cn1c(=O)n(C2CCCC2)c2nc(NC3CC4OC5CCC6OC3C546)ncc21.[HH]. The van der Waals surface area contributed by atoms with Crippen LogP contribution in [0, 0.1) is 5.41 Å². The number of aryl methyl sites for hydroxylation is 1. The number of nitrogens with zero attached hydrogens (tertiary/aromatic N) is 4. The zero-order valence-electron chi connectivity index (χ0n) is 16.0. The molecular formula is C20H27N5O3. The van der Waals surface area contributed by atoms with E-state index in [4.69, 9.17) is 14.5 Å². The molecular weight excluding hydrogens is 358 g/mol. The van der Waals surface area contributed by atoms with Gasteiger partial charge in [-0.3, -0.25) is 9.13 Å². The van der Waals surface area contributed by atoms with Crippen molar-refractivity contribution in [2.45, 2.75) is 81.4 Å². The first-order valence-electron chi connectivity index (χ1n) is 10.7. The maximum absolute atomic E-state index is 12.8. The molecule has 0 radical (unpaired) electrons. The average molecular weight is 385 g/mol. The second-order valence-electron chi connectivity index (χ2n) is 9.27. The molecule has 6 unspecified atom stereocenters. The van der Waals surface area contributed by atoms with Crippen molar-refractivity contribution in [1.82, 2.24) is 19.1 Å². The van der Waals surface area contributed by atoms with Crippen molar-refractivity contribution in [3.8, 4) is 0 Å². The van der Waals surface area contributed by atoms with Crippen LogP contribution in [0.3, 0.4) is 0 Å². The highest BCUT2D eigenvalue weighted by Gasteiger charge is 2.79. The Morgan fingerprint density at radius 1 is 1.18 bits per heavy atom. The van der Waals surface area contributed by atoms with Crippen molar-refractivity contribution in [3.63, 3.8) is 0 Å². The predicted octanol–water partition coefficient (Wildman–Crippen LogP) is 1.99. The Labute approximate surface area is 163 Å². The highest BCUT2D eigenvalue weighted by Crippen LogP contribution is 2.68. The Morgan fingerprint density at radius 3 is 2.75 bits per heavy atom. The number of aromatic nitrogens is 4. The van der Waals surface area contributed by atoms with Gasteiger partial charge in [0.2, 0.25) is 5.95 Å². The highest BCUT2D eigenvalue weighted by atomic mass is 16.6. The van der Waals surface area contributed by atoms with E-state index in [0.717, 1.165) is 43.3 Å². The standard InChI is InChI=1S/C20H25N5O3.H2/c1-24-12-9-21-18(23-17(12)25(19(24)26)10-4-2-3-5-10)22-11-8-15-20-13(27-15)6-7-14(20)28-16(11)20;/h9-11,13-16H,2-8H2,1H3,(H,21,22,23);1H. The van der Waals surface area contributed by atoms with Gasteiger partial charge in [0.05, 0.1) is 42.1 Å². The molecule has 7 rings (SSSR count). The van der Waals surface area contributed by atoms with Crippen molar-refractivity contribution in [2.24, 2.45) is 12.5 Å². The third kappa shape index (κ3) is 1.69. The van der Waals surface area contributed by atoms with Crippen molar-refractivity contribution in [3.05, 3.63) is 16.7 Å². The minimum absolute atomic E-state index is 0. The van der Waals surface area contributed by atoms with Crippen LogP contribution in [0.1, 0.15) is 52.4 Å². The van der Waals surface area contributed by atoms with E-state index in [-0.39, 0.29) is 30.7 Å². The molecule has 0 bridgehead atoms. The molecule has 8 nitrogen and oxygen atoms in total. The normalized spacial score (nSPS) is 41.0. The largest absolute Gasteiger partial charge is 0.373 e. The van der Waals surface area contributed by atoms with Crippen LogP contribution in [0.5, 0.6) is 0 Å². The van der Waals surface area contributed by atoms with Gasteiger partial charge in [-0.2, -0.15) is 4.98 Å². The van der Waals surface area contributed by atoms with Gasteiger partial charge >= 0.3 is 5.69 Å². The maximum atomic E-state index is 12.8. The maximum Gasteiger partial charge on any atom is 0.330 e. The minimum atomic E-state index is 0. The fourth-order valence-electron chi connectivity index (χ4n) is 6.87. The Kier molecular flexibility index (Phi) is 2.93. The molecule has 5 aliphatic rings. The topological polar surface area (TPSA) is 83.2 Å². The highest BCUT2D eigenvalue weighted by molar-refractivity contribution is 5.72. The minimum Gasteiger partial charge on any atom is -0.373 e. The second-order valence-corrected chi connectivity index (χ2v) is 9.27. The summed E-state index contributed by atoms with van der Waals surface area (Å²) in [6, 6.07) is 0.431. The van der Waals surface area contributed by atoms with E-state index in [2.05, 4.69) is 10.3 Å². The number of fused-ring (bicyclic) bond motifs is 1. The molecule has 2 aliphatic heterocycles. The fraction of sp³-hybridized carbons (Fsp3) is 0.750. The first-order chi connectivity index (χ1) is 13.7.